The van der Waals surface area contributed by atoms with E-state index in [1.807, 2.05) is 6.07 Å². The van der Waals surface area contributed by atoms with Crippen LogP contribution in [0.25, 0.3) is 16.9 Å². The molecule has 3 heterocycles. The van der Waals surface area contributed by atoms with Gasteiger partial charge in [-0.15, -0.1) is 0 Å². The number of aromatic nitrogens is 2. The molecular formula is C23H25BrN4O. The van der Waals surface area contributed by atoms with E-state index in [-0.39, 0.29) is 0 Å². The Bertz CT molecular complexity index is 1020. The number of rotatable bonds is 4. The van der Waals surface area contributed by atoms with Gasteiger partial charge in [0.1, 0.15) is 5.65 Å². The Hall–Kier alpha value is -2.18. The van der Waals surface area contributed by atoms with Crippen LogP contribution in [0.4, 0.5) is 0 Å². The van der Waals surface area contributed by atoms with Gasteiger partial charge in [0.15, 0.2) is 0 Å². The monoisotopic (exact) mass is 452 g/mol. The van der Waals surface area contributed by atoms with Crippen LogP contribution >= 0.6 is 15.9 Å². The Balaban J connectivity index is 1.37. The molecule has 1 aliphatic heterocycles. The normalized spacial score (nSPS) is 18.2. The van der Waals surface area contributed by atoms with Crippen molar-refractivity contribution in [3.8, 4) is 11.3 Å². The lowest BCUT2D eigenvalue weighted by Crippen LogP contribution is -2.50. The molecule has 150 valence electrons. The standard InChI is InChI=1S/C23H25BrN4O/c24-19-9-7-17(8-10-19)22-20(28-11-2-1-6-21(28)25-22)16-26-12-14-27(15-13-26)23(29)18-4-3-5-18/h1-2,6-11,18H,3-5,12-16H2. The van der Waals surface area contributed by atoms with Gasteiger partial charge in [0.25, 0.3) is 0 Å². The Labute approximate surface area is 179 Å². The molecule has 2 aromatic heterocycles. The molecule has 0 radical (unpaired) electrons. The predicted octanol–water partition coefficient (Wildman–Crippen LogP) is 4.21. The molecule has 0 N–H and O–H groups in total. The maximum atomic E-state index is 12.5. The van der Waals surface area contributed by atoms with Gasteiger partial charge in [-0.3, -0.25) is 9.69 Å². The highest BCUT2D eigenvalue weighted by atomic mass is 79.9. The number of halogens is 1. The SMILES string of the molecule is O=C(C1CCC1)N1CCN(Cc2c(-c3ccc(Br)cc3)nc3ccccn23)CC1. The number of piperazine rings is 1. The van der Waals surface area contributed by atoms with Gasteiger partial charge in [0.2, 0.25) is 5.91 Å². The quantitative estimate of drug-likeness (QED) is 0.595. The van der Waals surface area contributed by atoms with Crippen molar-refractivity contribution in [2.75, 3.05) is 26.2 Å². The Morgan fingerprint density at radius 1 is 1.03 bits per heavy atom. The van der Waals surface area contributed by atoms with Crippen molar-refractivity contribution in [2.45, 2.75) is 25.8 Å². The summed E-state index contributed by atoms with van der Waals surface area (Å²) >= 11 is 3.52. The first-order valence-electron chi connectivity index (χ1n) is 10.4. The zero-order valence-electron chi connectivity index (χ0n) is 16.4. The van der Waals surface area contributed by atoms with Crippen molar-refractivity contribution in [3.05, 3.63) is 58.8 Å². The molecule has 6 heteroatoms. The highest BCUT2D eigenvalue weighted by molar-refractivity contribution is 9.10. The molecule has 1 aliphatic carbocycles. The number of carbonyl (C=O) groups excluding carboxylic acids is 1. The lowest BCUT2D eigenvalue weighted by Gasteiger charge is -2.38. The van der Waals surface area contributed by atoms with E-state index in [0.29, 0.717) is 11.8 Å². The van der Waals surface area contributed by atoms with Crippen LogP contribution in [0.3, 0.4) is 0 Å². The molecule has 1 saturated carbocycles. The van der Waals surface area contributed by atoms with Crippen LogP contribution in [0, 0.1) is 5.92 Å². The third-order valence-electron chi connectivity index (χ3n) is 6.26. The minimum atomic E-state index is 0.296. The second kappa shape index (κ2) is 7.92. The molecule has 1 amide bonds. The first-order chi connectivity index (χ1) is 14.2. The van der Waals surface area contributed by atoms with Gasteiger partial charge in [-0.05, 0) is 37.1 Å². The van der Waals surface area contributed by atoms with Gasteiger partial charge in [0.05, 0.1) is 11.4 Å². The minimum absolute atomic E-state index is 0.296. The molecule has 29 heavy (non-hydrogen) atoms. The first-order valence-corrected chi connectivity index (χ1v) is 11.2. The number of amides is 1. The molecule has 1 aromatic carbocycles. The smallest absolute Gasteiger partial charge is 0.225 e. The Morgan fingerprint density at radius 2 is 1.79 bits per heavy atom. The first kappa shape index (κ1) is 18.8. The topological polar surface area (TPSA) is 40.9 Å². The summed E-state index contributed by atoms with van der Waals surface area (Å²) in [5.74, 6) is 0.672. The van der Waals surface area contributed by atoms with Crippen LogP contribution in [-0.2, 0) is 11.3 Å². The summed E-state index contributed by atoms with van der Waals surface area (Å²) in [6, 6.07) is 14.5. The maximum absolute atomic E-state index is 12.5. The molecule has 0 bridgehead atoms. The van der Waals surface area contributed by atoms with Gasteiger partial charge >= 0.3 is 0 Å². The zero-order valence-corrected chi connectivity index (χ0v) is 18.0. The predicted molar refractivity (Wildman–Crippen MR) is 118 cm³/mol. The highest BCUT2D eigenvalue weighted by Gasteiger charge is 2.31. The maximum Gasteiger partial charge on any atom is 0.225 e. The Morgan fingerprint density at radius 3 is 2.48 bits per heavy atom. The molecule has 5 rings (SSSR count). The van der Waals surface area contributed by atoms with E-state index in [4.69, 9.17) is 4.98 Å². The molecule has 5 nitrogen and oxygen atoms in total. The van der Waals surface area contributed by atoms with E-state index in [0.717, 1.165) is 66.9 Å². The molecule has 3 aromatic rings. The van der Waals surface area contributed by atoms with Crippen molar-refractivity contribution in [3.63, 3.8) is 0 Å². The molecule has 2 aliphatic rings. The third kappa shape index (κ3) is 3.71. The third-order valence-corrected chi connectivity index (χ3v) is 6.79. The van der Waals surface area contributed by atoms with Gasteiger partial charge in [0, 0.05) is 54.9 Å². The average Bonchev–Trinajstić information content (AvgIpc) is 3.06. The van der Waals surface area contributed by atoms with E-state index in [1.165, 1.54) is 12.1 Å². The van der Waals surface area contributed by atoms with Crippen molar-refractivity contribution < 1.29 is 4.79 Å². The van der Waals surface area contributed by atoms with Crippen molar-refractivity contribution >= 4 is 27.5 Å². The van der Waals surface area contributed by atoms with Crippen LogP contribution in [0.5, 0.6) is 0 Å². The lowest BCUT2D eigenvalue weighted by atomic mass is 9.84. The molecule has 0 spiro atoms. The highest BCUT2D eigenvalue weighted by Crippen LogP contribution is 2.30. The average molecular weight is 453 g/mol. The number of hydrogen-bond acceptors (Lipinski definition) is 3. The van der Waals surface area contributed by atoms with Crippen LogP contribution < -0.4 is 0 Å². The zero-order chi connectivity index (χ0) is 19.8. The summed E-state index contributed by atoms with van der Waals surface area (Å²) in [5.41, 5.74) is 4.35. The second-order valence-corrected chi connectivity index (χ2v) is 8.99. The van der Waals surface area contributed by atoms with Gasteiger partial charge < -0.3 is 9.30 Å². The number of imidazole rings is 1. The summed E-state index contributed by atoms with van der Waals surface area (Å²) in [4.78, 5) is 22.0. The van der Waals surface area contributed by atoms with E-state index < -0.39 is 0 Å². The molecule has 1 saturated heterocycles. The van der Waals surface area contributed by atoms with Crippen LogP contribution in [0.1, 0.15) is 25.0 Å². The lowest BCUT2D eigenvalue weighted by molar-refractivity contribution is -0.140. The summed E-state index contributed by atoms with van der Waals surface area (Å²) < 4.78 is 3.27. The number of benzene rings is 1. The van der Waals surface area contributed by atoms with Crippen molar-refractivity contribution in [1.82, 2.24) is 19.2 Å². The summed E-state index contributed by atoms with van der Waals surface area (Å²) in [7, 11) is 0. The molecule has 0 atom stereocenters. The van der Waals surface area contributed by atoms with E-state index in [9.17, 15) is 4.79 Å². The second-order valence-electron chi connectivity index (χ2n) is 8.07. The minimum Gasteiger partial charge on any atom is -0.340 e. The van der Waals surface area contributed by atoms with Gasteiger partial charge in [-0.1, -0.05) is 40.5 Å². The van der Waals surface area contributed by atoms with Crippen molar-refractivity contribution in [2.24, 2.45) is 5.92 Å². The number of fused-ring (bicyclic) bond motifs is 1. The van der Waals surface area contributed by atoms with Crippen LogP contribution in [0.15, 0.2) is 53.1 Å². The van der Waals surface area contributed by atoms with E-state index >= 15 is 0 Å². The van der Waals surface area contributed by atoms with Gasteiger partial charge in [-0.25, -0.2) is 4.98 Å². The fourth-order valence-electron chi connectivity index (χ4n) is 4.29. The summed E-state index contributed by atoms with van der Waals surface area (Å²) in [6.45, 7) is 4.33. The summed E-state index contributed by atoms with van der Waals surface area (Å²) in [6.07, 6.45) is 5.47. The largest absolute Gasteiger partial charge is 0.340 e. The van der Waals surface area contributed by atoms with E-state index in [2.05, 4.69) is 72.7 Å². The van der Waals surface area contributed by atoms with Crippen molar-refractivity contribution in [1.29, 1.82) is 0 Å². The molecule has 0 unspecified atom stereocenters. The number of pyridine rings is 1. The molecule has 2 fully saturated rings. The number of hydrogen-bond donors (Lipinski definition) is 0. The van der Waals surface area contributed by atoms with Crippen LogP contribution in [-0.4, -0.2) is 51.3 Å². The number of nitrogens with zero attached hydrogens (tertiary/aromatic N) is 4. The summed E-state index contributed by atoms with van der Waals surface area (Å²) in [5, 5.41) is 0. The van der Waals surface area contributed by atoms with Gasteiger partial charge in [-0.2, -0.15) is 0 Å². The fourth-order valence-corrected chi connectivity index (χ4v) is 4.55. The Kier molecular flexibility index (Phi) is 5.14. The molecular weight excluding hydrogens is 428 g/mol. The van der Waals surface area contributed by atoms with Crippen LogP contribution in [0.2, 0.25) is 0 Å². The fraction of sp³-hybridized carbons (Fsp3) is 0.391. The number of carbonyl (C=O) groups is 1. The van der Waals surface area contributed by atoms with E-state index in [1.54, 1.807) is 0 Å².